The average molecular weight is 446 g/mol. The Morgan fingerprint density at radius 1 is 0.706 bits per heavy atom. The highest BCUT2D eigenvalue weighted by atomic mass is 16.5. The van der Waals surface area contributed by atoms with E-state index in [1.54, 1.807) is 7.11 Å². The minimum atomic E-state index is -0.106. The number of hydrogen-bond acceptors (Lipinski definition) is 2. The molecule has 0 aromatic heterocycles. The number of methoxy groups -OCH3 is 1. The third-order valence-corrected chi connectivity index (χ3v) is 6.44. The van der Waals surface area contributed by atoms with E-state index in [4.69, 9.17) is 4.74 Å². The fourth-order valence-electron chi connectivity index (χ4n) is 5.05. The molecule has 0 aliphatic heterocycles. The number of fused-ring (bicyclic) bond motifs is 2. The lowest BCUT2D eigenvalue weighted by Crippen LogP contribution is -2.16. The Bertz CT molecular complexity index is 1540. The van der Waals surface area contributed by atoms with Crippen LogP contribution in [-0.2, 0) is 0 Å². The van der Waals surface area contributed by atoms with Crippen LogP contribution in [0, 0.1) is 20.8 Å². The van der Waals surface area contributed by atoms with E-state index in [0.29, 0.717) is 0 Å². The smallest absolute Gasteiger partial charge is 0.256 e. The van der Waals surface area contributed by atoms with Crippen LogP contribution in [-0.4, -0.2) is 13.0 Å². The molecule has 1 amide bonds. The number of rotatable bonds is 4. The summed E-state index contributed by atoms with van der Waals surface area (Å²) in [5.41, 5.74) is 6.51. The molecule has 0 spiro atoms. The second kappa shape index (κ2) is 8.68. The first-order valence-corrected chi connectivity index (χ1v) is 11.4. The molecule has 0 bridgehead atoms. The normalized spacial score (nSPS) is 11.1. The molecule has 5 aromatic rings. The number of carbonyl (C=O) groups is 1. The topological polar surface area (TPSA) is 38.3 Å². The first kappa shape index (κ1) is 21.7. The molecule has 0 fully saturated rings. The van der Waals surface area contributed by atoms with Gasteiger partial charge < -0.3 is 10.1 Å². The van der Waals surface area contributed by atoms with Gasteiger partial charge in [-0.3, -0.25) is 4.79 Å². The van der Waals surface area contributed by atoms with E-state index in [0.717, 1.165) is 66.4 Å². The van der Waals surface area contributed by atoms with Crippen molar-refractivity contribution in [2.75, 3.05) is 12.4 Å². The number of ether oxygens (including phenoxy) is 1. The minimum Gasteiger partial charge on any atom is -0.496 e. The molecule has 5 aromatic carbocycles. The lowest BCUT2D eigenvalue weighted by Gasteiger charge is -2.20. The summed E-state index contributed by atoms with van der Waals surface area (Å²) < 4.78 is 5.84. The Labute approximate surface area is 200 Å². The summed E-state index contributed by atoms with van der Waals surface area (Å²) in [5.74, 6) is 0.666. The summed E-state index contributed by atoms with van der Waals surface area (Å²) in [6.45, 7) is 6.03. The maximum absolute atomic E-state index is 13.6. The van der Waals surface area contributed by atoms with E-state index in [9.17, 15) is 4.79 Å². The van der Waals surface area contributed by atoms with Gasteiger partial charge in [0.2, 0.25) is 0 Å². The first-order chi connectivity index (χ1) is 16.5. The molecular weight excluding hydrogens is 418 g/mol. The highest BCUT2D eigenvalue weighted by molar-refractivity contribution is 6.16. The lowest BCUT2D eigenvalue weighted by atomic mass is 9.91. The van der Waals surface area contributed by atoms with E-state index >= 15 is 0 Å². The third kappa shape index (κ3) is 3.69. The minimum absolute atomic E-state index is 0.106. The molecule has 0 saturated heterocycles. The van der Waals surface area contributed by atoms with Crippen molar-refractivity contribution in [1.29, 1.82) is 0 Å². The summed E-state index contributed by atoms with van der Waals surface area (Å²) in [6, 6.07) is 28.8. The average Bonchev–Trinajstić information content (AvgIpc) is 2.82. The second-order valence-corrected chi connectivity index (χ2v) is 8.80. The molecular formula is C31H27NO2. The molecule has 1 N–H and O–H groups in total. The van der Waals surface area contributed by atoms with Gasteiger partial charge in [-0.1, -0.05) is 78.4 Å². The first-order valence-electron chi connectivity index (χ1n) is 11.4. The molecule has 0 radical (unpaired) electrons. The van der Waals surface area contributed by atoms with Gasteiger partial charge in [-0.25, -0.2) is 0 Å². The van der Waals surface area contributed by atoms with Gasteiger partial charge in [-0.05, 0) is 65.6 Å². The van der Waals surface area contributed by atoms with Gasteiger partial charge in [0.05, 0.1) is 7.11 Å². The van der Waals surface area contributed by atoms with E-state index in [1.807, 2.05) is 50.2 Å². The summed E-state index contributed by atoms with van der Waals surface area (Å²) in [4.78, 5) is 13.6. The van der Waals surface area contributed by atoms with Gasteiger partial charge in [-0.15, -0.1) is 0 Å². The zero-order chi connectivity index (χ0) is 23.8. The summed E-state index contributed by atoms with van der Waals surface area (Å²) >= 11 is 0. The van der Waals surface area contributed by atoms with Crippen molar-refractivity contribution in [2.45, 2.75) is 20.8 Å². The van der Waals surface area contributed by atoms with Crippen molar-refractivity contribution < 1.29 is 9.53 Å². The lowest BCUT2D eigenvalue weighted by molar-refractivity contribution is 0.102. The van der Waals surface area contributed by atoms with E-state index in [-0.39, 0.29) is 5.91 Å². The Morgan fingerprint density at radius 3 is 1.88 bits per heavy atom. The molecule has 0 unspecified atom stereocenters. The largest absolute Gasteiger partial charge is 0.496 e. The number of benzene rings is 5. The van der Waals surface area contributed by atoms with Crippen LogP contribution in [0.3, 0.4) is 0 Å². The van der Waals surface area contributed by atoms with Gasteiger partial charge in [0.25, 0.3) is 5.91 Å². The quantitative estimate of drug-likeness (QED) is 0.306. The number of anilines is 1. The van der Waals surface area contributed by atoms with Crippen molar-refractivity contribution in [1.82, 2.24) is 0 Å². The van der Waals surface area contributed by atoms with Crippen LogP contribution < -0.4 is 10.1 Å². The standard InChI is InChI=1S/C31H27NO2/c1-19-17-20(2)28(21(3)18-19)31(33)32-26-15-13-22-9-5-7-11-24(22)29(26)30-25-12-8-6-10-23(25)14-16-27(30)34-4/h5-18H,1-4H3,(H,32,33). The molecule has 0 heterocycles. The van der Waals surface area contributed by atoms with Crippen LogP contribution in [0.1, 0.15) is 27.0 Å². The Balaban J connectivity index is 1.78. The highest BCUT2D eigenvalue weighted by Crippen LogP contribution is 2.44. The number of carbonyl (C=O) groups excluding carboxylic acids is 1. The SMILES string of the molecule is COc1ccc2ccccc2c1-c1c(NC(=O)c2c(C)cc(C)cc2C)ccc2ccccc12. The third-order valence-electron chi connectivity index (χ3n) is 6.44. The molecule has 5 rings (SSSR count). The van der Waals surface area contributed by atoms with Gasteiger partial charge in [-0.2, -0.15) is 0 Å². The highest BCUT2D eigenvalue weighted by Gasteiger charge is 2.20. The fourth-order valence-corrected chi connectivity index (χ4v) is 5.05. The molecule has 0 saturated carbocycles. The number of nitrogens with one attached hydrogen (secondary N) is 1. The number of hydrogen-bond donors (Lipinski definition) is 1. The van der Waals surface area contributed by atoms with Crippen molar-refractivity contribution in [3.05, 3.63) is 107 Å². The fraction of sp³-hybridized carbons (Fsp3) is 0.129. The van der Waals surface area contributed by atoms with Crippen molar-refractivity contribution in [3.63, 3.8) is 0 Å². The Morgan fingerprint density at radius 2 is 1.26 bits per heavy atom. The zero-order valence-corrected chi connectivity index (χ0v) is 19.9. The van der Waals surface area contributed by atoms with Crippen LogP contribution in [0.15, 0.2) is 84.9 Å². The maximum Gasteiger partial charge on any atom is 0.256 e. The number of aryl methyl sites for hydroxylation is 3. The van der Waals surface area contributed by atoms with E-state index in [2.05, 4.69) is 60.8 Å². The van der Waals surface area contributed by atoms with Crippen LogP contribution >= 0.6 is 0 Å². The van der Waals surface area contributed by atoms with Crippen molar-refractivity contribution in [2.24, 2.45) is 0 Å². The summed E-state index contributed by atoms with van der Waals surface area (Å²) in [5, 5.41) is 7.61. The van der Waals surface area contributed by atoms with Gasteiger partial charge in [0.1, 0.15) is 5.75 Å². The van der Waals surface area contributed by atoms with Gasteiger partial charge in [0.15, 0.2) is 0 Å². The van der Waals surface area contributed by atoms with Gasteiger partial charge >= 0.3 is 0 Å². The second-order valence-electron chi connectivity index (χ2n) is 8.80. The molecule has 168 valence electrons. The van der Waals surface area contributed by atoms with Gasteiger partial charge in [0, 0.05) is 22.4 Å². The summed E-state index contributed by atoms with van der Waals surface area (Å²) in [7, 11) is 1.69. The molecule has 0 aliphatic rings. The predicted molar refractivity (Wildman–Crippen MR) is 142 cm³/mol. The Kier molecular flexibility index (Phi) is 5.54. The molecule has 3 heteroatoms. The monoisotopic (exact) mass is 445 g/mol. The predicted octanol–water partition coefficient (Wildman–Crippen LogP) is 7.85. The van der Waals surface area contributed by atoms with Crippen molar-refractivity contribution in [3.8, 4) is 16.9 Å². The molecule has 0 aliphatic carbocycles. The van der Waals surface area contributed by atoms with Crippen LogP contribution in [0.25, 0.3) is 32.7 Å². The van der Waals surface area contributed by atoms with Crippen molar-refractivity contribution >= 4 is 33.1 Å². The van der Waals surface area contributed by atoms with Crippen LogP contribution in [0.4, 0.5) is 5.69 Å². The number of amides is 1. The maximum atomic E-state index is 13.6. The van der Waals surface area contributed by atoms with Crippen LogP contribution in [0.5, 0.6) is 5.75 Å². The van der Waals surface area contributed by atoms with Crippen LogP contribution in [0.2, 0.25) is 0 Å². The van der Waals surface area contributed by atoms with E-state index in [1.165, 1.54) is 0 Å². The zero-order valence-electron chi connectivity index (χ0n) is 19.9. The molecule has 0 atom stereocenters. The summed E-state index contributed by atoms with van der Waals surface area (Å²) in [6.07, 6.45) is 0. The van der Waals surface area contributed by atoms with E-state index < -0.39 is 0 Å². The molecule has 3 nitrogen and oxygen atoms in total. The Hall–Kier alpha value is -4.11. The molecule has 34 heavy (non-hydrogen) atoms.